The third-order valence-corrected chi connectivity index (χ3v) is 15.2. The fourth-order valence-corrected chi connectivity index (χ4v) is 10.6. The lowest BCUT2D eigenvalue weighted by molar-refractivity contribution is -0.400. The van der Waals surface area contributed by atoms with Crippen LogP contribution in [0.3, 0.4) is 0 Å². The summed E-state index contributed by atoms with van der Waals surface area (Å²) >= 11 is 0. The second kappa shape index (κ2) is 28.7. The van der Waals surface area contributed by atoms with Gasteiger partial charge < -0.3 is 169 Å². The van der Waals surface area contributed by atoms with Crippen molar-refractivity contribution in [2.75, 3.05) is 33.0 Å². The predicted octanol–water partition coefficient (Wildman–Crippen LogP) is -13.9. The van der Waals surface area contributed by atoms with Gasteiger partial charge in [0.25, 0.3) is 0 Å². The Kier molecular flexibility index (Phi) is 23.5. The minimum absolute atomic E-state index is 0.826. The van der Waals surface area contributed by atoms with Crippen molar-refractivity contribution in [3.8, 4) is 0 Å². The number of aliphatic hydroxyl groups is 19. The van der Waals surface area contributed by atoms with E-state index in [0.29, 0.717) is 0 Å². The van der Waals surface area contributed by atoms with Crippen LogP contribution in [0.25, 0.3) is 0 Å². The molecular weight excluding hydrogens is 1120 g/mol. The van der Waals surface area contributed by atoms with Crippen LogP contribution in [-0.2, 0) is 71.2 Å². The van der Waals surface area contributed by atoms with Crippen LogP contribution < -0.4 is 10.6 Å². The van der Waals surface area contributed by atoms with Crippen LogP contribution in [0.15, 0.2) is 0 Å². The molecule has 7 aliphatic heterocycles. The summed E-state index contributed by atoms with van der Waals surface area (Å²) in [5.74, 6) is -1.73. The van der Waals surface area contributed by atoms with E-state index >= 15 is 0 Å². The molecule has 0 aromatic carbocycles. The van der Waals surface area contributed by atoms with Crippen molar-refractivity contribution >= 4 is 11.8 Å². The zero-order chi connectivity index (χ0) is 60.5. The van der Waals surface area contributed by atoms with Crippen LogP contribution in [0, 0.1) is 0 Å². The largest absolute Gasteiger partial charge is 0.394 e. The maximum atomic E-state index is 13.0. The number of carbonyl (C=O) groups excluding carboxylic acids is 2. The van der Waals surface area contributed by atoms with Crippen molar-refractivity contribution < 1.29 is 168 Å². The summed E-state index contributed by atoms with van der Waals surface area (Å²) < 4.78 is 76.5. The molecule has 7 aliphatic rings. The molecule has 0 aromatic rings. The van der Waals surface area contributed by atoms with Crippen molar-refractivity contribution in [1.82, 2.24) is 10.6 Å². The number of rotatable bonds is 19. The van der Waals surface area contributed by atoms with Gasteiger partial charge in [-0.1, -0.05) is 0 Å². The third-order valence-electron chi connectivity index (χ3n) is 15.2. The number of amides is 2. The maximum absolute atomic E-state index is 13.0. The van der Waals surface area contributed by atoms with Crippen LogP contribution in [-0.4, -0.2) is 357 Å². The Hall–Kier alpha value is -2.34. The van der Waals surface area contributed by atoms with Gasteiger partial charge in [-0.05, 0) is 13.8 Å². The van der Waals surface area contributed by atoms with E-state index in [1.165, 1.54) is 13.8 Å². The summed E-state index contributed by atoms with van der Waals surface area (Å²) in [6, 6.07) is -3.64. The number of nitrogens with one attached hydrogen (secondary N) is 2. The highest BCUT2D eigenvalue weighted by molar-refractivity contribution is 5.73. The minimum atomic E-state index is -2.33. The summed E-state index contributed by atoms with van der Waals surface area (Å²) in [6.45, 7) is -0.337. The molecule has 0 aliphatic carbocycles. The highest BCUT2D eigenvalue weighted by Gasteiger charge is 2.59. The average Bonchev–Trinajstić information content (AvgIpc) is 2.58. The third kappa shape index (κ3) is 14.3. The van der Waals surface area contributed by atoms with Gasteiger partial charge in [0.05, 0.1) is 45.2 Å². The van der Waals surface area contributed by atoms with E-state index in [0.717, 1.165) is 13.8 Å². The molecule has 7 rings (SSSR count). The molecule has 0 aromatic heterocycles. The lowest BCUT2D eigenvalue weighted by atomic mass is 9.93. The second-order valence-corrected chi connectivity index (χ2v) is 21.0. The zero-order valence-corrected chi connectivity index (χ0v) is 44.4. The average molecular weight is 1200 g/mol. The fraction of sp³-hybridized carbons (Fsp3) is 0.957. The normalized spacial score (nSPS) is 51.3. The Bertz CT molecular complexity index is 2030. The standard InChI is InChI=1S/C46H78N2O34/c1-10-21(55)26(60)30(64)42(71-10)70-9-18-37(38(20(40(69)73-18)48-13(4)54)81-43-31(65)27(61)22(56)11(2)72-43)79-41-19(47-12(3)53)25(59)35(16(7-51)76-41)78-46-34(68)39(82-45-33(67)29(63)24(58)15(6-50)75-45)36(17(8-52)77-46)80-44-32(66)28(62)23(57)14(5-49)74-44/h10-11,14-46,49-52,55-69H,5-9H2,1-4H3,(H,47,53)(H,48,54)/t10-,11-,14+,15+,16+,17+,18+,19+,20+,21+,22+,23-,24+,25+,26+,27+,28-,29-,30-,31-,32+,33-,34-,35+,36+,37+,38+,39+,40+,41-,42+,43-,44-,45+,46-/m0/s1. The topological polar surface area (TPSA) is 563 Å². The number of carbonyl (C=O) groups is 2. The van der Waals surface area contributed by atoms with Gasteiger partial charge in [0.15, 0.2) is 44.0 Å². The van der Waals surface area contributed by atoms with Crippen molar-refractivity contribution in [2.24, 2.45) is 0 Å². The first-order valence-electron chi connectivity index (χ1n) is 26.3. The van der Waals surface area contributed by atoms with Crippen LogP contribution in [0.5, 0.6) is 0 Å². The fourth-order valence-electron chi connectivity index (χ4n) is 10.6. The molecule has 0 spiro atoms. The van der Waals surface area contributed by atoms with Gasteiger partial charge in [0.2, 0.25) is 11.8 Å². The van der Waals surface area contributed by atoms with Crippen molar-refractivity contribution in [2.45, 2.75) is 243 Å². The van der Waals surface area contributed by atoms with Gasteiger partial charge >= 0.3 is 0 Å². The molecule has 36 nitrogen and oxygen atoms in total. The quantitative estimate of drug-likeness (QED) is 0.0571. The SMILES string of the molecule is CC(=O)N[C@@H]1[C@@H](O[C@@H]2O[C@@H](C)[C@@H](O)[C@@H](O)[C@@H]2O)[C@H](O[C@@H]2O[C@H](CO)[C@@H](O[C@@H]3O[C@H](CO)[C@@H](O[C@@H]4O[C@H](CO)[C@H](O)[C@H](O)[C@H]4O)[C@H](O[C@H]4O[C@H](CO)[C@@H](O)[C@H](O)[C@@H]4O)[C@@H]3O)[C@H](O)[C@H]2NC(C)=O)[C@@H](CO[C@@H]2O[C@@H](C)[C@@H](O)[C@@H](O)[C@@H]2O)O[C@H]1O. The Balaban J connectivity index is 1.22. The van der Waals surface area contributed by atoms with Crippen LogP contribution in [0.4, 0.5) is 0 Å². The first kappa shape index (κ1) is 67.2. The number of hydrogen-bond acceptors (Lipinski definition) is 34. The van der Waals surface area contributed by atoms with E-state index in [4.69, 9.17) is 61.6 Å². The lowest BCUT2D eigenvalue weighted by Crippen LogP contribution is -2.71. The highest BCUT2D eigenvalue weighted by Crippen LogP contribution is 2.38. The first-order valence-corrected chi connectivity index (χ1v) is 26.3. The predicted molar refractivity (Wildman–Crippen MR) is 252 cm³/mol. The summed E-state index contributed by atoms with van der Waals surface area (Å²) in [6.07, 6.45) is -62.6. The Morgan fingerprint density at radius 3 is 1.20 bits per heavy atom. The highest BCUT2D eigenvalue weighted by atomic mass is 16.8. The molecular formula is C46H78N2O34. The second-order valence-electron chi connectivity index (χ2n) is 21.0. The molecule has 36 heteroatoms. The van der Waals surface area contributed by atoms with E-state index < -0.39 is 260 Å². The van der Waals surface area contributed by atoms with Crippen molar-refractivity contribution in [3.63, 3.8) is 0 Å². The van der Waals surface area contributed by atoms with Crippen LogP contribution in [0.1, 0.15) is 27.7 Å². The number of hydrogen-bond donors (Lipinski definition) is 21. The maximum Gasteiger partial charge on any atom is 0.217 e. The Labute approximate surface area is 465 Å². The Morgan fingerprint density at radius 1 is 0.341 bits per heavy atom. The molecule has 2 amide bonds. The molecule has 476 valence electrons. The van der Waals surface area contributed by atoms with Crippen molar-refractivity contribution in [1.29, 1.82) is 0 Å². The smallest absolute Gasteiger partial charge is 0.217 e. The van der Waals surface area contributed by atoms with Gasteiger partial charge in [0.1, 0.15) is 159 Å². The summed E-state index contributed by atoms with van der Waals surface area (Å²) in [7, 11) is 0. The molecule has 0 saturated carbocycles. The van der Waals surface area contributed by atoms with Gasteiger partial charge in [-0.25, -0.2) is 0 Å². The van der Waals surface area contributed by atoms with Gasteiger partial charge in [-0.3, -0.25) is 9.59 Å². The Morgan fingerprint density at radius 2 is 0.695 bits per heavy atom. The summed E-state index contributed by atoms with van der Waals surface area (Å²) in [4.78, 5) is 25.7. The molecule has 21 N–H and O–H groups in total. The molecule has 0 unspecified atom stereocenters. The number of aliphatic hydroxyl groups excluding tert-OH is 19. The van der Waals surface area contributed by atoms with E-state index in [9.17, 15) is 107 Å². The minimum Gasteiger partial charge on any atom is -0.394 e. The van der Waals surface area contributed by atoms with Crippen LogP contribution in [0.2, 0.25) is 0 Å². The monoisotopic (exact) mass is 1200 g/mol. The van der Waals surface area contributed by atoms with Gasteiger partial charge in [-0.2, -0.15) is 0 Å². The van der Waals surface area contributed by atoms with E-state index in [2.05, 4.69) is 10.6 Å². The molecule has 35 atom stereocenters. The summed E-state index contributed by atoms with van der Waals surface area (Å²) in [5.41, 5.74) is 0. The molecule has 7 fully saturated rings. The van der Waals surface area contributed by atoms with E-state index in [-0.39, 0.29) is 0 Å². The van der Waals surface area contributed by atoms with Gasteiger partial charge in [-0.15, -0.1) is 0 Å². The number of ether oxygens (including phenoxy) is 13. The van der Waals surface area contributed by atoms with Crippen molar-refractivity contribution in [3.05, 3.63) is 0 Å². The van der Waals surface area contributed by atoms with E-state index in [1.807, 2.05) is 0 Å². The van der Waals surface area contributed by atoms with Crippen LogP contribution >= 0.6 is 0 Å². The molecule has 0 radical (unpaired) electrons. The zero-order valence-electron chi connectivity index (χ0n) is 44.4. The molecule has 7 saturated heterocycles. The first-order chi connectivity index (χ1) is 38.7. The van der Waals surface area contributed by atoms with Gasteiger partial charge in [0, 0.05) is 13.8 Å². The molecule has 82 heavy (non-hydrogen) atoms. The molecule has 7 heterocycles. The summed E-state index contributed by atoms with van der Waals surface area (Å²) in [5, 5.41) is 210. The molecule has 0 bridgehead atoms. The van der Waals surface area contributed by atoms with E-state index in [1.54, 1.807) is 0 Å². The lowest BCUT2D eigenvalue weighted by Gasteiger charge is -2.52.